The molecule has 0 bridgehead atoms. The van der Waals surface area contributed by atoms with Crippen LogP contribution >= 0.6 is 0 Å². The minimum atomic E-state index is -0.198. The summed E-state index contributed by atoms with van der Waals surface area (Å²) in [7, 11) is 0. The Labute approximate surface area is 49.2 Å². The smallest absolute Gasteiger partial charge is 0.0702 e. The zero-order valence-electron chi connectivity index (χ0n) is 4.85. The van der Waals surface area contributed by atoms with Crippen molar-refractivity contribution in [2.75, 3.05) is 13.1 Å². The van der Waals surface area contributed by atoms with Gasteiger partial charge < -0.3 is 10.4 Å². The lowest BCUT2D eigenvalue weighted by molar-refractivity contribution is 0.161. The Kier molecular flexibility index (Phi) is 1.65. The summed E-state index contributed by atoms with van der Waals surface area (Å²) in [6.45, 7) is 5.34. The van der Waals surface area contributed by atoms with Crippen molar-refractivity contribution in [2.24, 2.45) is 0 Å². The van der Waals surface area contributed by atoms with Crippen molar-refractivity contribution in [3.8, 4) is 0 Å². The van der Waals surface area contributed by atoms with Crippen LogP contribution in [0.4, 0.5) is 0 Å². The fourth-order valence-corrected chi connectivity index (χ4v) is 0.893. The van der Waals surface area contributed by atoms with Gasteiger partial charge in [-0.05, 0) is 6.42 Å². The standard InChI is InChI=1S/C6H11NO/c1-5-2-6(8)4-7-3-5/h6-8H,1-4H2. The Morgan fingerprint density at radius 3 is 2.88 bits per heavy atom. The van der Waals surface area contributed by atoms with Crippen molar-refractivity contribution in [1.82, 2.24) is 5.32 Å². The van der Waals surface area contributed by atoms with E-state index >= 15 is 0 Å². The van der Waals surface area contributed by atoms with E-state index in [1.54, 1.807) is 0 Å². The van der Waals surface area contributed by atoms with E-state index in [-0.39, 0.29) is 6.10 Å². The molecule has 1 saturated heterocycles. The molecule has 1 rings (SSSR count). The van der Waals surface area contributed by atoms with Crippen LogP contribution in [0.15, 0.2) is 12.2 Å². The van der Waals surface area contributed by atoms with E-state index in [9.17, 15) is 0 Å². The predicted octanol–water partition coefficient (Wildman–Crippen LogP) is -0.103. The third kappa shape index (κ3) is 1.32. The Morgan fingerprint density at radius 1 is 1.75 bits per heavy atom. The SMILES string of the molecule is C=C1CNCC(O)C1. The summed E-state index contributed by atoms with van der Waals surface area (Å²) in [4.78, 5) is 0. The number of nitrogens with one attached hydrogen (secondary N) is 1. The summed E-state index contributed by atoms with van der Waals surface area (Å²) in [5.74, 6) is 0. The number of rotatable bonds is 0. The first kappa shape index (κ1) is 5.79. The van der Waals surface area contributed by atoms with E-state index in [0.29, 0.717) is 0 Å². The third-order valence-corrected chi connectivity index (χ3v) is 1.28. The molecule has 2 nitrogen and oxygen atoms in total. The van der Waals surface area contributed by atoms with Gasteiger partial charge >= 0.3 is 0 Å². The molecular weight excluding hydrogens is 102 g/mol. The average Bonchev–Trinajstić information content (AvgIpc) is 1.64. The van der Waals surface area contributed by atoms with Crippen LogP contribution in [0.3, 0.4) is 0 Å². The van der Waals surface area contributed by atoms with Gasteiger partial charge in [0.25, 0.3) is 0 Å². The summed E-state index contributed by atoms with van der Waals surface area (Å²) in [5.41, 5.74) is 1.10. The Bertz CT molecular complexity index is 101. The van der Waals surface area contributed by atoms with Gasteiger partial charge in [-0.25, -0.2) is 0 Å². The van der Waals surface area contributed by atoms with Gasteiger partial charge in [0, 0.05) is 13.1 Å². The molecule has 2 N–H and O–H groups in total. The predicted molar refractivity (Wildman–Crippen MR) is 32.6 cm³/mol. The van der Waals surface area contributed by atoms with Gasteiger partial charge in [-0.15, -0.1) is 0 Å². The largest absolute Gasteiger partial charge is 0.391 e. The number of aliphatic hydroxyl groups excluding tert-OH is 1. The molecule has 0 aromatic heterocycles. The van der Waals surface area contributed by atoms with Crippen LogP contribution in [-0.4, -0.2) is 24.3 Å². The molecule has 0 saturated carbocycles. The maximum Gasteiger partial charge on any atom is 0.0702 e. The first-order valence-electron chi connectivity index (χ1n) is 2.84. The molecule has 46 valence electrons. The summed E-state index contributed by atoms with van der Waals surface area (Å²) in [6, 6.07) is 0. The summed E-state index contributed by atoms with van der Waals surface area (Å²) < 4.78 is 0. The van der Waals surface area contributed by atoms with Crippen molar-refractivity contribution >= 4 is 0 Å². The molecule has 0 radical (unpaired) electrons. The average molecular weight is 113 g/mol. The van der Waals surface area contributed by atoms with E-state index in [2.05, 4.69) is 11.9 Å². The lowest BCUT2D eigenvalue weighted by atomic mass is 10.1. The first-order chi connectivity index (χ1) is 3.79. The second-order valence-corrected chi connectivity index (χ2v) is 2.24. The van der Waals surface area contributed by atoms with E-state index < -0.39 is 0 Å². The second kappa shape index (κ2) is 2.29. The number of hydrogen-bond acceptors (Lipinski definition) is 2. The molecule has 2 heteroatoms. The molecule has 0 amide bonds. The molecule has 1 aliphatic rings. The Hall–Kier alpha value is -0.340. The fraction of sp³-hybridized carbons (Fsp3) is 0.667. The van der Waals surface area contributed by atoms with Crippen molar-refractivity contribution in [3.63, 3.8) is 0 Å². The van der Waals surface area contributed by atoms with E-state index in [0.717, 1.165) is 25.1 Å². The van der Waals surface area contributed by atoms with Crippen LogP contribution in [0.5, 0.6) is 0 Å². The maximum absolute atomic E-state index is 8.96. The van der Waals surface area contributed by atoms with Crippen molar-refractivity contribution in [2.45, 2.75) is 12.5 Å². The lowest BCUT2D eigenvalue weighted by Crippen LogP contribution is -2.34. The number of β-amino-alcohol motifs (C(OH)–C–C–N with tert-alkyl or cyclic N) is 1. The summed E-state index contributed by atoms with van der Waals surface area (Å²) in [5, 5.41) is 12.0. The summed E-state index contributed by atoms with van der Waals surface area (Å²) in [6.07, 6.45) is 0.573. The van der Waals surface area contributed by atoms with Crippen LogP contribution in [0.1, 0.15) is 6.42 Å². The van der Waals surface area contributed by atoms with Crippen molar-refractivity contribution < 1.29 is 5.11 Å². The normalized spacial score (nSPS) is 30.6. The molecule has 0 aliphatic carbocycles. The van der Waals surface area contributed by atoms with Crippen LogP contribution in [0.2, 0.25) is 0 Å². The molecule has 1 heterocycles. The molecule has 1 atom stereocenters. The highest BCUT2D eigenvalue weighted by Gasteiger charge is 2.10. The fourth-order valence-electron chi connectivity index (χ4n) is 0.893. The van der Waals surface area contributed by atoms with Gasteiger partial charge in [-0.3, -0.25) is 0 Å². The minimum absolute atomic E-state index is 0.198. The second-order valence-electron chi connectivity index (χ2n) is 2.24. The molecule has 0 spiro atoms. The molecular formula is C6H11NO. The van der Waals surface area contributed by atoms with Crippen LogP contribution < -0.4 is 5.32 Å². The zero-order chi connectivity index (χ0) is 5.98. The molecule has 8 heavy (non-hydrogen) atoms. The van der Waals surface area contributed by atoms with Crippen LogP contribution in [0, 0.1) is 0 Å². The minimum Gasteiger partial charge on any atom is -0.391 e. The number of piperidine rings is 1. The van der Waals surface area contributed by atoms with Gasteiger partial charge in [-0.1, -0.05) is 12.2 Å². The van der Waals surface area contributed by atoms with Gasteiger partial charge in [0.05, 0.1) is 6.10 Å². The van der Waals surface area contributed by atoms with Crippen LogP contribution in [-0.2, 0) is 0 Å². The zero-order valence-corrected chi connectivity index (χ0v) is 4.85. The highest BCUT2D eigenvalue weighted by molar-refractivity contribution is 5.02. The van der Waals surface area contributed by atoms with Gasteiger partial charge in [-0.2, -0.15) is 0 Å². The van der Waals surface area contributed by atoms with Crippen LogP contribution in [0.25, 0.3) is 0 Å². The Morgan fingerprint density at radius 2 is 2.50 bits per heavy atom. The quantitative estimate of drug-likeness (QED) is 0.430. The number of hydrogen-bond donors (Lipinski definition) is 2. The molecule has 1 unspecified atom stereocenters. The monoisotopic (exact) mass is 113 g/mol. The molecule has 1 aliphatic heterocycles. The van der Waals surface area contributed by atoms with Gasteiger partial charge in [0.15, 0.2) is 0 Å². The maximum atomic E-state index is 8.96. The molecule has 0 aromatic rings. The Balaban J connectivity index is 2.34. The molecule has 0 aromatic carbocycles. The van der Waals surface area contributed by atoms with Crippen molar-refractivity contribution in [1.29, 1.82) is 0 Å². The van der Waals surface area contributed by atoms with Crippen molar-refractivity contribution in [3.05, 3.63) is 12.2 Å². The third-order valence-electron chi connectivity index (χ3n) is 1.28. The molecule has 1 fully saturated rings. The van der Waals surface area contributed by atoms with E-state index in [1.807, 2.05) is 0 Å². The van der Waals surface area contributed by atoms with Gasteiger partial charge in [0.2, 0.25) is 0 Å². The van der Waals surface area contributed by atoms with Gasteiger partial charge in [0.1, 0.15) is 0 Å². The van der Waals surface area contributed by atoms with E-state index in [4.69, 9.17) is 5.11 Å². The summed E-state index contributed by atoms with van der Waals surface area (Å²) >= 11 is 0. The lowest BCUT2D eigenvalue weighted by Gasteiger charge is -2.19. The van der Waals surface area contributed by atoms with E-state index in [1.165, 1.54) is 0 Å². The topological polar surface area (TPSA) is 32.3 Å². The first-order valence-corrected chi connectivity index (χ1v) is 2.84. The highest BCUT2D eigenvalue weighted by Crippen LogP contribution is 2.05. The highest BCUT2D eigenvalue weighted by atomic mass is 16.3. The number of aliphatic hydroxyl groups is 1.